The lowest BCUT2D eigenvalue weighted by Gasteiger charge is -2.04. The maximum absolute atomic E-state index is 10.8. The van der Waals surface area contributed by atoms with E-state index >= 15 is 0 Å². The van der Waals surface area contributed by atoms with Crippen molar-refractivity contribution in [1.82, 2.24) is 0 Å². The number of para-hydroxylation sites is 1. The highest BCUT2D eigenvalue weighted by Crippen LogP contribution is 2.19. The lowest BCUT2D eigenvalue weighted by atomic mass is 10.1. The van der Waals surface area contributed by atoms with Crippen molar-refractivity contribution in [3.05, 3.63) is 35.4 Å². The molecule has 0 saturated heterocycles. The van der Waals surface area contributed by atoms with E-state index in [2.05, 4.69) is 6.92 Å². The molecule has 0 bridgehead atoms. The predicted molar refractivity (Wildman–Crippen MR) is 66.4 cm³/mol. The van der Waals surface area contributed by atoms with Crippen molar-refractivity contribution in [2.24, 2.45) is 0 Å². The van der Waals surface area contributed by atoms with Crippen LogP contribution in [-0.2, 0) is 0 Å². The molecule has 1 aromatic rings. The number of carbonyl (C=O) groups is 1. The zero-order chi connectivity index (χ0) is 12.0. The number of nitrogens with two attached hydrogens (primary N) is 1. The highest BCUT2D eigenvalue weighted by atomic mass is 16.4. The molecule has 0 aliphatic heterocycles. The fraction of sp³-hybridized carbons (Fsp3) is 0.308. The average Bonchev–Trinajstić information content (AvgIpc) is 2.26. The number of unbranched alkanes of at least 4 members (excludes halogenated alkanes) is 2. The van der Waals surface area contributed by atoms with Crippen molar-refractivity contribution in [2.75, 3.05) is 5.73 Å². The van der Waals surface area contributed by atoms with Crippen LogP contribution in [0.5, 0.6) is 0 Å². The SMILES string of the molecule is CCCCC=Cc1cccc(C(=O)O)c1N. The van der Waals surface area contributed by atoms with E-state index in [-0.39, 0.29) is 5.56 Å². The minimum Gasteiger partial charge on any atom is -0.478 e. The Bertz CT molecular complexity index is 397. The van der Waals surface area contributed by atoms with Gasteiger partial charge in [-0.2, -0.15) is 0 Å². The third-order valence-electron chi connectivity index (χ3n) is 2.39. The first-order chi connectivity index (χ1) is 7.66. The van der Waals surface area contributed by atoms with Gasteiger partial charge in [-0.05, 0) is 18.1 Å². The summed E-state index contributed by atoms with van der Waals surface area (Å²) in [4.78, 5) is 10.8. The number of anilines is 1. The van der Waals surface area contributed by atoms with Crippen molar-refractivity contribution >= 4 is 17.7 Å². The molecular weight excluding hydrogens is 202 g/mol. The first-order valence-corrected chi connectivity index (χ1v) is 5.45. The largest absolute Gasteiger partial charge is 0.478 e. The third-order valence-corrected chi connectivity index (χ3v) is 2.39. The molecule has 0 fully saturated rings. The first-order valence-electron chi connectivity index (χ1n) is 5.45. The molecule has 1 aromatic carbocycles. The van der Waals surface area contributed by atoms with Gasteiger partial charge in [0, 0.05) is 0 Å². The Hall–Kier alpha value is -1.77. The molecule has 3 heteroatoms. The number of carboxylic acids is 1. The predicted octanol–water partition coefficient (Wildman–Crippen LogP) is 3.17. The second kappa shape index (κ2) is 5.95. The summed E-state index contributed by atoms with van der Waals surface area (Å²) in [7, 11) is 0. The van der Waals surface area contributed by atoms with Crippen molar-refractivity contribution < 1.29 is 9.90 Å². The van der Waals surface area contributed by atoms with Crippen LogP contribution < -0.4 is 5.73 Å². The molecule has 0 atom stereocenters. The normalized spacial score (nSPS) is 10.8. The van der Waals surface area contributed by atoms with Gasteiger partial charge in [-0.25, -0.2) is 4.79 Å². The number of allylic oxidation sites excluding steroid dienone is 1. The summed E-state index contributed by atoms with van der Waals surface area (Å²) >= 11 is 0. The number of aromatic carboxylic acids is 1. The van der Waals surface area contributed by atoms with Crippen molar-refractivity contribution in [3.63, 3.8) is 0 Å². The van der Waals surface area contributed by atoms with E-state index in [1.54, 1.807) is 6.07 Å². The fourth-order valence-corrected chi connectivity index (χ4v) is 1.45. The fourth-order valence-electron chi connectivity index (χ4n) is 1.45. The Morgan fingerprint density at radius 2 is 2.25 bits per heavy atom. The third kappa shape index (κ3) is 3.12. The summed E-state index contributed by atoms with van der Waals surface area (Å²) in [5, 5.41) is 8.90. The van der Waals surface area contributed by atoms with Gasteiger partial charge in [0.15, 0.2) is 0 Å². The van der Waals surface area contributed by atoms with Crippen LogP contribution in [-0.4, -0.2) is 11.1 Å². The number of nitrogen functional groups attached to an aromatic ring is 1. The van der Waals surface area contributed by atoms with Gasteiger partial charge in [0.05, 0.1) is 11.3 Å². The summed E-state index contributed by atoms with van der Waals surface area (Å²) in [6.07, 6.45) is 7.19. The Kier molecular flexibility index (Phi) is 4.58. The lowest BCUT2D eigenvalue weighted by molar-refractivity contribution is 0.0698. The van der Waals surface area contributed by atoms with Crippen molar-refractivity contribution in [1.29, 1.82) is 0 Å². The number of rotatable bonds is 5. The van der Waals surface area contributed by atoms with Crippen LogP contribution in [0.25, 0.3) is 6.08 Å². The molecule has 0 heterocycles. The molecule has 0 unspecified atom stereocenters. The maximum atomic E-state index is 10.8. The van der Waals surface area contributed by atoms with E-state index in [1.165, 1.54) is 6.07 Å². The molecule has 0 spiro atoms. The van der Waals surface area contributed by atoms with E-state index in [4.69, 9.17) is 10.8 Å². The topological polar surface area (TPSA) is 63.3 Å². The van der Waals surface area contributed by atoms with Gasteiger partial charge in [0.1, 0.15) is 0 Å². The van der Waals surface area contributed by atoms with E-state index in [0.717, 1.165) is 24.8 Å². The van der Waals surface area contributed by atoms with E-state index < -0.39 is 5.97 Å². The Labute approximate surface area is 95.6 Å². The number of benzene rings is 1. The zero-order valence-electron chi connectivity index (χ0n) is 9.44. The van der Waals surface area contributed by atoms with Crippen molar-refractivity contribution in [3.8, 4) is 0 Å². The second-order valence-electron chi connectivity index (χ2n) is 3.66. The quantitative estimate of drug-likeness (QED) is 0.590. The van der Waals surface area contributed by atoms with Gasteiger partial charge in [-0.1, -0.05) is 44.1 Å². The van der Waals surface area contributed by atoms with Gasteiger partial charge >= 0.3 is 5.97 Å². The summed E-state index contributed by atoms with van der Waals surface area (Å²) in [5.74, 6) is -0.985. The van der Waals surface area contributed by atoms with Crippen LogP contribution in [0.1, 0.15) is 42.1 Å². The van der Waals surface area contributed by atoms with Crippen molar-refractivity contribution in [2.45, 2.75) is 26.2 Å². The van der Waals surface area contributed by atoms with E-state index in [9.17, 15) is 4.79 Å². The molecule has 0 radical (unpaired) electrons. The van der Waals surface area contributed by atoms with Crippen LogP contribution in [0.2, 0.25) is 0 Å². The molecule has 0 amide bonds. The smallest absolute Gasteiger partial charge is 0.337 e. The van der Waals surface area contributed by atoms with Crippen LogP contribution in [0.15, 0.2) is 24.3 Å². The van der Waals surface area contributed by atoms with Gasteiger partial charge in [-0.15, -0.1) is 0 Å². The Morgan fingerprint density at radius 1 is 1.50 bits per heavy atom. The monoisotopic (exact) mass is 219 g/mol. The van der Waals surface area contributed by atoms with Gasteiger partial charge in [0.2, 0.25) is 0 Å². The minimum absolute atomic E-state index is 0.164. The molecule has 1 rings (SSSR count). The first kappa shape index (κ1) is 12.3. The van der Waals surface area contributed by atoms with Crippen LogP contribution in [0.3, 0.4) is 0 Å². The van der Waals surface area contributed by atoms with E-state index in [0.29, 0.717) is 5.69 Å². The minimum atomic E-state index is -0.985. The standard InChI is InChI=1S/C13H17NO2/c1-2-3-4-5-7-10-8-6-9-11(12(10)14)13(15)16/h5-9H,2-4,14H2,1H3,(H,15,16). The van der Waals surface area contributed by atoms with Gasteiger partial charge in [-0.3, -0.25) is 0 Å². The number of carboxylic acid groups (broad SMARTS) is 1. The van der Waals surface area contributed by atoms with Crippen LogP contribution in [0.4, 0.5) is 5.69 Å². The lowest BCUT2D eigenvalue weighted by Crippen LogP contribution is -2.03. The molecule has 3 N–H and O–H groups in total. The molecule has 3 nitrogen and oxygen atoms in total. The molecule has 16 heavy (non-hydrogen) atoms. The molecule has 0 aliphatic rings. The Balaban J connectivity index is 2.85. The van der Waals surface area contributed by atoms with Crippen LogP contribution >= 0.6 is 0 Å². The summed E-state index contributed by atoms with van der Waals surface area (Å²) in [5.41, 5.74) is 7.04. The average molecular weight is 219 g/mol. The summed E-state index contributed by atoms with van der Waals surface area (Å²) in [6.45, 7) is 2.13. The Morgan fingerprint density at radius 3 is 2.88 bits per heavy atom. The summed E-state index contributed by atoms with van der Waals surface area (Å²) in [6, 6.07) is 5.05. The maximum Gasteiger partial charge on any atom is 0.337 e. The molecular formula is C13H17NO2. The highest BCUT2D eigenvalue weighted by molar-refractivity contribution is 5.95. The molecule has 0 aromatic heterocycles. The van der Waals surface area contributed by atoms with Gasteiger partial charge in [0.25, 0.3) is 0 Å². The molecule has 86 valence electrons. The van der Waals surface area contributed by atoms with Gasteiger partial charge < -0.3 is 10.8 Å². The number of hydrogen-bond donors (Lipinski definition) is 2. The zero-order valence-corrected chi connectivity index (χ0v) is 9.44. The van der Waals surface area contributed by atoms with Crippen LogP contribution in [0, 0.1) is 0 Å². The molecule has 0 saturated carbocycles. The summed E-state index contributed by atoms with van der Waals surface area (Å²) < 4.78 is 0. The molecule has 0 aliphatic carbocycles. The highest BCUT2D eigenvalue weighted by Gasteiger charge is 2.08. The van der Waals surface area contributed by atoms with E-state index in [1.807, 2.05) is 18.2 Å². The number of hydrogen-bond acceptors (Lipinski definition) is 2. The second-order valence-corrected chi connectivity index (χ2v) is 3.66.